The Balaban J connectivity index is 2.00. The van der Waals surface area contributed by atoms with E-state index < -0.39 is 0 Å². The quantitative estimate of drug-likeness (QED) is 0.657. The lowest BCUT2D eigenvalue weighted by Crippen LogP contribution is -2.28. The minimum atomic E-state index is 0.0138. The van der Waals surface area contributed by atoms with E-state index in [1.54, 1.807) is 0 Å². The number of ether oxygens (including phenoxy) is 1. The monoisotopic (exact) mass is 358 g/mol. The highest BCUT2D eigenvalue weighted by Crippen LogP contribution is 2.59. The Bertz CT molecular complexity index is 643. The third kappa shape index (κ3) is 4.88. The summed E-state index contributed by atoms with van der Waals surface area (Å²) in [6, 6.07) is 7.70. The molecule has 4 heteroatoms. The molecule has 0 aromatic heterocycles. The molecule has 1 N–H and O–H groups in total. The van der Waals surface area contributed by atoms with Crippen LogP contribution in [0, 0.1) is 17.3 Å². The van der Waals surface area contributed by atoms with Gasteiger partial charge in [0.1, 0.15) is 12.4 Å². The maximum atomic E-state index is 12.8. The molecule has 0 spiro atoms. The summed E-state index contributed by atoms with van der Waals surface area (Å²) in [6.45, 7) is 16.3. The van der Waals surface area contributed by atoms with Gasteiger partial charge in [0, 0.05) is 6.54 Å². The van der Waals surface area contributed by atoms with E-state index in [1.165, 1.54) is 5.57 Å². The van der Waals surface area contributed by atoms with E-state index in [4.69, 9.17) is 4.74 Å². The van der Waals surface area contributed by atoms with Gasteiger partial charge in [0.05, 0.1) is 11.6 Å². The minimum Gasteiger partial charge on any atom is -0.490 e. The fourth-order valence-corrected chi connectivity index (χ4v) is 3.58. The molecule has 1 aliphatic carbocycles. The summed E-state index contributed by atoms with van der Waals surface area (Å²) in [6.07, 6.45) is 2.22. The second kappa shape index (κ2) is 8.72. The smallest absolute Gasteiger partial charge is 0.228 e. The van der Waals surface area contributed by atoms with Crippen LogP contribution >= 0.6 is 0 Å². The fourth-order valence-electron chi connectivity index (χ4n) is 3.58. The van der Waals surface area contributed by atoms with Crippen molar-refractivity contribution >= 4 is 11.6 Å². The maximum absolute atomic E-state index is 12.8. The van der Waals surface area contributed by atoms with Crippen molar-refractivity contribution in [2.24, 2.45) is 17.3 Å². The van der Waals surface area contributed by atoms with Crippen LogP contribution in [-0.2, 0) is 4.79 Å². The number of hydrogen-bond donors (Lipinski definition) is 1. The van der Waals surface area contributed by atoms with Crippen LogP contribution < -0.4 is 10.1 Å². The van der Waals surface area contributed by atoms with Gasteiger partial charge in [-0.15, -0.1) is 0 Å². The van der Waals surface area contributed by atoms with Gasteiger partial charge in [0.15, 0.2) is 0 Å². The lowest BCUT2D eigenvalue weighted by Gasteiger charge is -2.19. The van der Waals surface area contributed by atoms with Gasteiger partial charge >= 0.3 is 0 Å². The van der Waals surface area contributed by atoms with Crippen molar-refractivity contribution in [1.82, 2.24) is 4.90 Å². The Morgan fingerprint density at radius 3 is 2.50 bits per heavy atom. The largest absolute Gasteiger partial charge is 0.490 e. The van der Waals surface area contributed by atoms with E-state index >= 15 is 0 Å². The second-order valence-electron chi connectivity index (χ2n) is 7.93. The number of hydrogen-bond acceptors (Lipinski definition) is 3. The van der Waals surface area contributed by atoms with E-state index in [0.717, 1.165) is 31.1 Å². The van der Waals surface area contributed by atoms with Gasteiger partial charge < -0.3 is 15.0 Å². The third-order valence-corrected chi connectivity index (χ3v) is 5.41. The topological polar surface area (TPSA) is 41.6 Å². The first kappa shape index (κ1) is 20.5. The Labute approximate surface area is 158 Å². The highest BCUT2D eigenvalue weighted by Gasteiger charge is 2.60. The fraction of sp³-hybridized carbons (Fsp3) is 0.591. The van der Waals surface area contributed by atoms with Crippen molar-refractivity contribution in [3.05, 3.63) is 35.9 Å². The van der Waals surface area contributed by atoms with Gasteiger partial charge in [-0.3, -0.25) is 4.79 Å². The number of carbonyl (C=O) groups is 1. The zero-order chi connectivity index (χ0) is 19.3. The second-order valence-corrected chi connectivity index (χ2v) is 7.93. The molecule has 144 valence electrons. The molecular weight excluding hydrogens is 324 g/mol. The summed E-state index contributed by atoms with van der Waals surface area (Å²) >= 11 is 0. The van der Waals surface area contributed by atoms with Gasteiger partial charge in [-0.05, 0) is 50.4 Å². The SMILES string of the molecule is CCN(CC)CCOc1ccccc1NC(=O)C1C(C=C(C)C)C1(C)C. The summed E-state index contributed by atoms with van der Waals surface area (Å²) in [5.41, 5.74) is 2.04. The van der Waals surface area contributed by atoms with E-state index in [-0.39, 0.29) is 17.2 Å². The molecule has 1 aromatic rings. The van der Waals surface area contributed by atoms with Crippen LogP contribution in [0.5, 0.6) is 5.75 Å². The number of benzene rings is 1. The lowest BCUT2D eigenvalue weighted by atomic mass is 10.1. The van der Waals surface area contributed by atoms with E-state index in [2.05, 4.69) is 57.8 Å². The van der Waals surface area contributed by atoms with Crippen molar-refractivity contribution in [2.75, 3.05) is 31.6 Å². The highest BCUT2D eigenvalue weighted by molar-refractivity contribution is 5.96. The molecule has 0 saturated heterocycles. The maximum Gasteiger partial charge on any atom is 0.228 e. The average molecular weight is 359 g/mol. The molecular formula is C22H34N2O2. The number of para-hydroxylation sites is 2. The van der Waals surface area contributed by atoms with Crippen LogP contribution in [0.1, 0.15) is 41.5 Å². The number of nitrogens with one attached hydrogen (secondary N) is 1. The zero-order valence-electron chi connectivity index (χ0n) is 17.1. The third-order valence-electron chi connectivity index (χ3n) is 5.41. The summed E-state index contributed by atoms with van der Waals surface area (Å²) in [5, 5.41) is 3.09. The lowest BCUT2D eigenvalue weighted by molar-refractivity contribution is -0.118. The molecule has 0 bridgehead atoms. The van der Waals surface area contributed by atoms with Crippen LogP contribution in [0.3, 0.4) is 0 Å². The normalized spacial score (nSPS) is 20.6. The minimum absolute atomic E-state index is 0.0138. The Kier molecular flexibility index (Phi) is 6.87. The molecule has 2 unspecified atom stereocenters. The first-order chi connectivity index (χ1) is 12.3. The molecule has 0 aliphatic heterocycles. The first-order valence-electron chi connectivity index (χ1n) is 9.71. The van der Waals surface area contributed by atoms with Gasteiger partial charge in [0.25, 0.3) is 0 Å². The van der Waals surface area contributed by atoms with Gasteiger partial charge in [-0.1, -0.05) is 51.5 Å². The van der Waals surface area contributed by atoms with E-state index in [1.807, 2.05) is 24.3 Å². The Morgan fingerprint density at radius 2 is 1.88 bits per heavy atom. The molecule has 2 atom stereocenters. The van der Waals surface area contributed by atoms with Crippen molar-refractivity contribution in [3.63, 3.8) is 0 Å². The number of allylic oxidation sites excluding steroid dienone is 2. The Hall–Kier alpha value is -1.81. The number of nitrogens with zero attached hydrogens (tertiary/aromatic N) is 1. The zero-order valence-corrected chi connectivity index (χ0v) is 17.1. The molecule has 4 nitrogen and oxygen atoms in total. The highest BCUT2D eigenvalue weighted by atomic mass is 16.5. The van der Waals surface area contributed by atoms with E-state index in [9.17, 15) is 4.79 Å². The van der Waals surface area contributed by atoms with Crippen LogP contribution in [0.4, 0.5) is 5.69 Å². The number of anilines is 1. The summed E-state index contributed by atoms with van der Waals surface area (Å²) in [5.74, 6) is 1.15. The average Bonchev–Trinajstić information content (AvgIpc) is 3.12. The number of carbonyl (C=O) groups excluding carboxylic acids is 1. The summed E-state index contributed by atoms with van der Waals surface area (Å²) in [7, 11) is 0. The van der Waals surface area contributed by atoms with Gasteiger partial charge in [0.2, 0.25) is 5.91 Å². The predicted molar refractivity (Wildman–Crippen MR) is 109 cm³/mol. The van der Waals surface area contributed by atoms with Gasteiger partial charge in [-0.2, -0.15) is 0 Å². The number of rotatable bonds is 9. The van der Waals surface area contributed by atoms with Gasteiger partial charge in [-0.25, -0.2) is 0 Å². The van der Waals surface area contributed by atoms with Crippen LogP contribution in [0.25, 0.3) is 0 Å². The predicted octanol–water partition coefficient (Wildman–Crippen LogP) is 4.58. The number of amides is 1. The van der Waals surface area contributed by atoms with Crippen molar-refractivity contribution < 1.29 is 9.53 Å². The molecule has 2 rings (SSSR count). The standard InChI is InChI=1S/C22H34N2O2/c1-7-24(8-2)13-14-26-19-12-10-9-11-18(19)23-21(25)20-17(15-16(3)4)22(20,5)6/h9-12,15,17,20H,7-8,13-14H2,1-6H3,(H,23,25). The number of likely N-dealkylation sites (N-methyl/N-ethyl adjacent to an activating group) is 1. The molecule has 0 radical (unpaired) electrons. The van der Waals surface area contributed by atoms with Crippen LogP contribution in [0.15, 0.2) is 35.9 Å². The van der Waals surface area contributed by atoms with E-state index in [0.29, 0.717) is 12.5 Å². The van der Waals surface area contributed by atoms with Crippen LogP contribution in [0.2, 0.25) is 0 Å². The molecule has 1 saturated carbocycles. The summed E-state index contributed by atoms with van der Waals surface area (Å²) < 4.78 is 5.95. The Morgan fingerprint density at radius 1 is 1.23 bits per heavy atom. The molecule has 0 heterocycles. The first-order valence-corrected chi connectivity index (χ1v) is 9.71. The molecule has 26 heavy (non-hydrogen) atoms. The van der Waals surface area contributed by atoms with Crippen molar-refractivity contribution in [3.8, 4) is 5.75 Å². The van der Waals surface area contributed by atoms with Crippen molar-refractivity contribution in [1.29, 1.82) is 0 Å². The molecule has 1 amide bonds. The molecule has 1 aromatic carbocycles. The van der Waals surface area contributed by atoms with Crippen molar-refractivity contribution in [2.45, 2.75) is 41.5 Å². The van der Waals surface area contributed by atoms with Crippen LogP contribution in [-0.4, -0.2) is 37.0 Å². The summed E-state index contributed by atoms with van der Waals surface area (Å²) in [4.78, 5) is 15.1. The molecule has 1 fully saturated rings. The molecule has 1 aliphatic rings.